The van der Waals surface area contributed by atoms with Crippen LogP contribution < -0.4 is 4.74 Å². The van der Waals surface area contributed by atoms with E-state index >= 15 is 0 Å². The molecule has 13 heteroatoms. The van der Waals surface area contributed by atoms with Crippen LogP contribution in [0, 0.1) is 6.92 Å². The predicted octanol–water partition coefficient (Wildman–Crippen LogP) is 4.69. The molecule has 1 aromatic carbocycles. The van der Waals surface area contributed by atoms with Crippen molar-refractivity contribution in [2.75, 3.05) is 19.6 Å². The molecule has 0 N–H and O–H groups in total. The zero-order chi connectivity index (χ0) is 27.2. The molecule has 202 valence electrons. The quantitative estimate of drug-likeness (QED) is 0.178. The van der Waals surface area contributed by atoms with E-state index in [1.807, 2.05) is 64.8 Å². The van der Waals surface area contributed by atoms with Gasteiger partial charge in [-0.1, -0.05) is 17.7 Å². The molecule has 9 nitrogen and oxygen atoms in total. The van der Waals surface area contributed by atoms with Crippen molar-refractivity contribution >= 4 is 68.8 Å². The van der Waals surface area contributed by atoms with Gasteiger partial charge in [0.15, 0.2) is 14.1 Å². The molecule has 0 radical (unpaired) electrons. The van der Waals surface area contributed by atoms with Gasteiger partial charge in [0.25, 0.3) is 0 Å². The van der Waals surface area contributed by atoms with Gasteiger partial charge in [0.05, 0.1) is 18.4 Å². The maximum atomic E-state index is 13.3. The SMILES string of the molecule is Cc1nnn(Cc2cc(Cl)ccc2/C=C/C(=O)N2CCN(Cc3ccc(OC(I)C(F)I)cn3)C[C@H]2C)n1. The Hall–Kier alpha value is -1.91. The number of carbonyl (C=O) groups is 1. The Bertz CT molecular complexity index is 1270. The van der Waals surface area contributed by atoms with Crippen LogP contribution in [0.15, 0.2) is 42.6 Å². The molecule has 0 saturated carbocycles. The van der Waals surface area contributed by atoms with Crippen molar-refractivity contribution in [2.24, 2.45) is 0 Å². The van der Waals surface area contributed by atoms with E-state index in [0.717, 1.165) is 29.9 Å². The van der Waals surface area contributed by atoms with E-state index in [1.165, 1.54) is 4.80 Å². The lowest BCUT2D eigenvalue weighted by Crippen LogP contribution is -2.53. The van der Waals surface area contributed by atoms with Gasteiger partial charge in [-0.2, -0.15) is 4.80 Å². The van der Waals surface area contributed by atoms with Gasteiger partial charge >= 0.3 is 0 Å². The van der Waals surface area contributed by atoms with E-state index in [9.17, 15) is 9.18 Å². The fraction of sp³-hybridized carbons (Fsp3) is 0.400. The summed E-state index contributed by atoms with van der Waals surface area (Å²) in [5, 5.41) is 12.8. The van der Waals surface area contributed by atoms with Crippen LogP contribution in [0.4, 0.5) is 4.39 Å². The van der Waals surface area contributed by atoms with Crippen molar-refractivity contribution in [1.82, 2.24) is 35.0 Å². The fourth-order valence-electron chi connectivity index (χ4n) is 4.16. The summed E-state index contributed by atoms with van der Waals surface area (Å²) in [6, 6.07) is 9.27. The van der Waals surface area contributed by atoms with Crippen LogP contribution in [-0.4, -0.2) is 74.9 Å². The van der Waals surface area contributed by atoms with Gasteiger partial charge in [0, 0.05) is 43.3 Å². The Morgan fingerprint density at radius 2 is 2.08 bits per heavy atom. The average molecular weight is 766 g/mol. The summed E-state index contributed by atoms with van der Waals surface area (Å²) in [7, 11) is 0. The van der Waals surface area contributed by atoms with Crippen molar-refractivity contribution in [3.05, 3.63) is 70.3 Å². The molecule has 2 unspecified atom stereocenters. The van der Waals surface area contributed by atoms with Crippen LogP contribution in [0.1, 0.15) is 29.6 Å². The minimum atomic E-state index is -1.10. The number of amides is 1. The molecule has 0 bridgehead atoms. The number of ether oxygens (including phenoxy) is 1. The van der Waals surface area contributed by atoms with Crippen molar-refractivity contribution in [3.8, 4) is 5.75 Å². The van der Waals surface area contributed by atoms with Crippen LogP contribution in [0.3, 0.4) is 0 Å². The highest BCUT2D eigenvalue weighted by molar-refractivity contribution is 14.1. The first-order valence-corrected chi connectivity index (χ1v) is 14.8. The van der Waals surface area contributed by atoms with Gasteiger partial charge in [0.2, 0.25) is 5.91 Å². The molecule has 0 spiro atoms. The standard InChI is InChI=1S/C25H27ClFI2N7O2/c1-16-13-34(15-21-6-7-22(12-30-21)38-25(29)24(27)28)9-10-35(16)23(37)8-4-18-3-5-20(26)11-19(18)14-36-32-17(2)31-33-36/h3-8,11-12,16,24-25H,9-10,13-15H2,1-2H3/b8-4+/t16-,24?,25?/m1/s1. The van der Waals surface area contributed by atoms with E-state index in [0.29, 0.717) is 36.2 Å². The fourth-order valence-corrected chi connectivity index (χ4v) is 4.80. The number of pyridine rings is 1. The monoisotopic (exact) mass is 765 g/mol. The Morgan fingerprint density at radius 3 is 2.74 bits per heavy atom. The lowest BCUT2D eigenvalue weighted by Gasteiger charge is -2.39. The molecule has 38 heavy (non-hydrogen) atoms. The van der Waals surface area contributed by atoms with Crippen molar-refractivity contribution in [2.45, 2.75) is 41.3 Å². The first-order valence-electron chi connectivity index (χ1n) is 12.0. The lowest BCUT2D eigenvalue weighted by molar-refractivity contribution is -0.130. The highest BCUT2D eigenvalue weighted by Gasteiger charge is 2.26. The van der Waals surface area contributed by atoms with Gasteiger partial charge in [-0.05, 0) is 106 Å². The van der Waals surface area contributed by atoms with Crippen LogP contribution in [0.2, 0.25) is 5.02 Å². The molecule has 0 aliphatic carbocycles. The average Bonchev–Trinajstić information content (AvgIpc) is 3.29. The van der Waals surface area contributed by atoms with Crippen LogP contribution in [0.5, 0.6) is 5.75 Å². The van der Waals surface area contributed by atoms with E-state index < -0.39 is 8.29 Å². The summed E-state index contributed by atoms with van der Waals surface area (Å²) in [5.41, 5.74) is 2.67. The summed E-state index contributed by atoms with van der Waals surface area (Å²) >= 11 is 9.82. The number of halogens is 4. The third-order valence-corrected chi connectivity index (χ3v) is 9.15. The molecule has 1 aliphatic rings. The number of piperazine rings is 1. The van der Waals surface area contributed by atoms with Crippen molar-refractivity contribution < 1.29 is 13.9 Å². The number of aromatic nitrogens is 5. The first kappa shape index (κ1) is 29.1. The molecule has 2 aromatic heterocycles. The zero-order valence-corrected chi connectivity index (χ0v) is 25.9. The Kier molecular flexibility index (Phi) is 10.3. The van der Waals surface area contributed by atoms with Gasteiger partial charge in [-0.3, -0.25) is 14.7 Å². The van der Waals surface area contributed by atoms with E-state index in [1.54, 1.807) is 47.9 Å². The smallest absolute Gasteiger partial charge is 0.246 e. The minimum absolute atomic E-state index is 0.0396. The molecular weight excluding hydrogens is 739 g/mol. The molecule has 3 aromatic rings. The number of benzene rings is 1. The van der Waals surface area contributed by atoms with Crippen molar-refractivity contribution in [3.63, 3.8) is 0 Å². The Labute approximate surface area is 253 Å². The zero-order valence-electron chi connectivity index (χ0n) is 20.8. The second kappa shape index (κ2) is 13.4. The lowest BCUT2D eigenvalue weighted by atomic mass is 10.1. The maximum Gasteiger partial charge on any atom is 0.246 e. The normalized spacial score (nSPS) is 18.1. The molecule has 1 saturated heterocycles. The summed E-state index contributed by atoms with van der Waals surface area (Å²) in [6.07, 6.45) is 5.05. The number of aryl methyl sites for hydroxylation is 1. The van der Waals surface area contributed by atoms with E-state index in [2.05, 4.69) is 25.3 Å². The van der Waals surface area contributed by atoms with Crippen LogP contribution in [0.25, 0.3) is 6.08 Å². The number of alkyl halides is 3. The third kappa shape index (κ3) is 8.05. The number of rotatable bonds is 9. The Morgan fingerprint density at radius 1 is 1.26 bits per heavy atom. The summed E-state index contributed by atoms with van der Waals surface area (Å²) in [6.45, 7) is 6.98. The molecule has 3 atom stereocenters. The van der Waals surface area contributed by atoms with Crippen LogP contribution in [-0.2, 0) is 17.9 Å². The topological polar surface area (TPSA) is 89.3 Å². The predicted molar refractivity (Wildman–Crippen MR) is 160 cm³/mol. The molecule has 4 rings (SSSR count). The largest absolute Gasteiger partial charge is 0.475 e. The Balaban J connectivity index is 1.33. The van der Waals surface area contributed by atoms with Crippen LogP contribution >= 0.6 is 56.8 Å². The number of hydrogen-bond donors (Lipinski definition) is 0. The molecule has 1 amide bonds. The van der Waals surface area contributed by atoms with Crippen molar-refractivity contribution in [1.29, 1.82) is 0 Å². The highest BCUT2D eigenvalue weighted by Crippen LogP contribution is 2.23. The number of nitrogens with zero attached hydrogens (tertiary/aromatic N) is 7. The van der Waals surface area contributed by atoms with E-state index in [-0.39, 0.29) is 11.9 Å². The summed E-state index contributed by atoms with van der Waals surface area (Å²) < 4.78 is 17.2. The van der Waals surface area contributed by atoms with Gasteiger partial charge < -0.3 is 9.64 Å². The maximum absolute atomic E-state index is 13.3. The molecule has 3 heterocycles. The third-order valence-electron chi connectivity index (χ3n) is 6.00. The second-order valence-corrected chi connectivity index (χ2v) is 11.8. The van der Waals surface area contributed by atoms with Gasteiger partial charge in [-0.15, -0.1) is 10.2 Å². The first-order chi connectivity index (χ1) is 18.2. The molecule has 1 aliphatic heterocycles. The van der Waals surface area contributed by atoms with Gasteiger partial charge in [-0.25, -0.2) is 4.39 Å². The number of hydrogen-bond acceptors (Lipinski definition) is 7. The highest BCUT2D eigenvalue weighted by atomic mass is 127. The summed E-state index contributed by atoms with van der Waals surface area (Å²) in [5.74, 6) is 1.09. The number of carbonyl (C=O) groups excluding carboxylic acids is 1. The second-order valence-electron chi connectivity index (χ2n) is 8.95. The minimum Gasteiger partial charge on any atom is -0.475 e. The molecule has 1 fully saturated rings. The summed E-state index contributed by atoms with van der Waals surface area (Å²) in [4.78, 5) is 23.2. The molecular formula is C25H27ClFI2N7O2. The number of tetrazole rings is 1. The van der Waals surface area contributed by atoms with Gasteiger partial charge in [0.1, 0.15) is 5.75 Å². The van der Waals surface area contributed by atoms with E-state index in [4.69, 9.17) is 16.3 Å².